The van der Waals surface area contributed by atoms with Gasteiger partial charge in [0.05, 0.1) is 0 Å². The van der Waals surface area contributed by atoms with Crippen LogP contribution in [0.4, 0.5) is 0 Å². The number of esters is 1. The number of rotatable bonds is 4. The highest BCUT2D eigenvalue weighted by Gasteiger charge is 2.53. The first-order valence-corrected chi connectivity index (χ1v) is 10.7. The summed E-state index contributed by atoms with van der Waals surface area (Å²) in [6, 6.07) is 0. The molecule has 3 heteroatoms. The predicted octanol–water partition coefficient (Wildman–Crippen LogP) is 5.32. The Balaban J connectivity index is 1.56. The van der Waals surface area contributed by atoms with Gasteiger partial charge in [-0.3, -0.25) is 9.59 Å². The van der Waals surface area contributed by atoms with E-state index in [0.717, 1.165) is 38.5 Å². The van der Waals surface area contributed by atoms with Crippen molar-refractivity contribution in [1.29, 1.82) is 0 Å². The van der Waals surface area contributed by atoms with E-state index in [1.165, 1.54) is 16.7 Å². The fraction of sp³-hybridized carbons (Fsp3) is 0.667. The lowest BCUT2D eigenvalue weighted by Gasteiger charge is -2.45. The average Bonchev–Trinajstić information content (AvgIpc) is 2.96. The van der Waals surface area contributed by atoms with E-state index >= 15 is 0 Å². The van der Waals surface area contributed by atoms with Crippen molar-refractivity contribution in [3.8, 4) is 0 Å². The second-order valence-corrected chi connectivity index (χ2v) is 9.51. The van der Waals surface area contributed by atoms with E-state index in [4.69, 9.17) is 4.74 Å². The van der Waals surface area contributed by atoms with Crippen LogP contribution in [-0.4, -0.2) is 17.9 Å². The molecule has 0 amide bonds. The molecule has 4 aliphatic rings. The van der Waals surface area contributed by atoms with E-state index in [-0.39, 0.29) is 23.3 Å². The molecule has 146 valence electrons. The lowest BCUT2D eigenvalue weighted by atomic mass is 9.60. The Bertz CT molecular complexity index is 739. The standard InChI is InChI=1S/C24H32O3/c1-15(2)4-11-23(26)27-22-10-9-21-20-7-5-16-14-17(25)6-8-18(16)19(20)12-13-24(21,22)3/h12-15,20-22H,4-11H2,1-3H3/t20-,21+,22+,24+/m1/s1. The summed E-state index contributed by atoms with van der Waals surface area (Å²) in [6.45, 7) is 6.58. The minimum Gasteiger partial charge on any atom is -0.461 e. The Kier molecular flexibility index (Phi) is 4.90. The van der Waals surface area contributed by atoms with Crippen molar-refractivity contribution >= 4 is 11.8 Å². The highest BCUT2D eigenvalue weighted by molar-refractivity contribution is 5.93. The Hall–Kier alpha value is -1.64. The van der Waals surface area contributed by atoms with Crippen LogP contribution in [0.5, 0.6) is 0 Å². The number of ketones is 1. The first kappa shape index (κ1) is 18.7. The molecule has 0 aliphatic heterocycles. The summed E-state index contributed by atoms with van der Waals surface area (Å²) >= 11 is 0. The maximum Gasteiger partial charge on any atom is 0.306 e. The third-order valence-electron chi connectivity index (χ3n) is 7.36. The van der Waals surface area contributed by atoms with Gasteiger partial charge in [-0.15, -0.1) is 0 Å². The topological polar surface area (TPSA) is 43.4 Å². The van der Waals surface area contributed by atoms with Crippen LogP contribution >= 0.6 is 0 Å². The monoisotopic (exact) mass is 368 g/mol. The first-order chi connectivity index (χ1) is 12.9. The van der Waals surface area contributed by atoms with Gasteiger partial charge in [-0.1, -0.05) is 32.9 Å². The molecular formula is C24H32O3. The zero-order valence-electron chi connectivity index (χ0n) is 16.9. The fourth-order valence-electron chi connectivity index (χ4n) is 5.78. The van der Waals surface area contributed by atoms with E-state index < -0.39 is 0 Å². The van der Waals surface area contributed by atoms with Crippen molar-refractivity contribution in [2.75, 3.05) is 0 Å². The molecule has 4 atom stereocenters. The minimum atomic E-state index is -0.0477. The molecule has 1 saturated carbocycles. The quantitative estimate of drug-likeness (QED) is 0.631. The summed E-state index contributed by atoms with van der Waals surface area (Å²) in [5.41, 5.74) is 4.13. The SMILES string of the molecule is CC(C)CCC(=O)O[C@H]1CC[C@H]2[C@@H]3CCC4=CC(=O)CCC4=C3C=C[C@]12C. The van der Waals surface area contributed by atoms with Crippen LogP contribution in [0.2, 0.25) is 0 Å². The molecule has 0 bridgehead atoms. The lowest BCUT2D eigenvalue weighted by molar-refractivity contribution is -0.154. The summed E-state index contributed by atoms with van der Waals surface area (Å²) in [5.74, 6) is 1.88. The van der Waals surface area contributed by atoms with Crippen molar-refractivity contribution in [3.05, 3.63) is 34.9 Å². The highest BCUT2D eigenvalue weighted by Crippen LogP contribution is 2.57. The number of allylic oxidation sites excluding steroid dienone is 5. The highest BCUT2D eigenvalue weighted by atomic mass is 16.5. The van der Waals surface area contributed by atoms with Crippen LogP contribution in [0.1, 0.15) is 72.1 Å². The van der Waals surface area contributed by atoms with Gasteiger partial charge in [-0.2, -0.15) is 0 Å². The molecule has 0 spiro atoms. The van der Waals surface area contributed by atoms with E-state index in [1.807, 2.05) is 6.08 Å². The molecule has 4 rings (SSSR count). The molecule has 4 aliphatic carbocycles. The van der Waals surface area contributed by atoms with Crippen LogP contribution in [0.15, 0.2) is 34.9 Å². The van der Waals surface area contributed by atoms with E-state index in [2.05, 4.69) is 32.9 Å². The fourth-order valence-corrected chi connectivity index (χ4v) is 5.78. The number of ether oxygens (including phenoxy) is 1. The van der Waals surface area contributed by atoms with Crippen molar-refractivity contribution in [3.63, 3.8) is 0 Å². The average molecular weight is 369 g/mol. The van der Waals surface area contributed by atoms with Crippen LogP contribution in [0.25, 0.3) is 0 Å². The molecule has 0 unspecified atom stereocenters. The zero-order valence-corrected chi connectivity index (χ0v) is 16.9. The summed E-state index contributed by atoms with van der Waals surface area (Å²) < 4.78 is 5.97. The third kappa shape index (κ3) is 3.34. The Morgan fingerprint density at radius 2 is 2.04 bits per heavy atom. The Labute approximate surface area is 162 Å². The van der Waals surface area contributed by atoms with Crippen molar-refractivity contribution in [1.82, 2.24) is 0 Å². The smallest absolute Gasteiger partial charge is 0.306 e. The number of fused-ring (bicyclic) bond motifs is 4. The minimum absolute atomic E-state index is 0.00911. The number of carbonyl (C=O) groups excluding carboxylic acids is 2. The number of hydrogen-bond donors (Lipinski definition) is 0. The van der Waals surface area contributed by atoms with Crippen LogP contribution in [0.3, 0.4) is 0 Å². The summed E-state index contributed by atoms with van der Waals surface area (Å²) in [4.78, 5) is 24.1. The van der Waals surface area contributed by atoms with Gasteiger partial charge in [0.15, 0.2) is 5.78 Å². The van der Waals surface area contributed by atoms with E-state index in [9.17, 15) is 9.59 Å². The van der Waals surface area contributed by atoms with Gasteiger partial charge in [-0.05, 0) is 79.1 Å². The van der Waals surface area contributed by atoms with Gasteiger partial charge >= 0.3 is 5.97 Å². The van der Waals surface area contributed by atoms with Gasteiger partial charge in [0, 0.05) is 18.3 Å². The summed E-state index contributed by atoms with van der Waals surface area (Å²) in [6.07, 6.45) is 13.7. The van der Waals surface area contributed by atoms with Crippen LogP contribution in [-0.2, 0) is 14.3 Å². The Morgan fingerprint density at radius 1 is 1.22 bits per heavy atom. The second-order valence-electron chi connectivity index (χ2n) is 9.51. The normalized spacial score (nSPS) is 34.9. The molecule has 0 saturated heterocycles. The molecule has 0 aromatic rings. The zero-order chi connectivity index (χ0) is 19.2. The maximum absolute atomic E-state index is 12.3. The van der Waals surface area contributed by atoms with Gasteiger partial charge in [0.2, 0.25) is 0 Å². The molecule has 0 aromatic carbocycles. The van der Waals surface area contributed by atoms with Crippen molar-refractivity contribution in [2.45, 2.75) is 78.2 Å². The second kappa shape index (κ2) is 7.07. The summed E-state index contributed by atoms with van der Waals surface area (Å²) in [7, 11) is 0. The number of carbonyl (C=O) groups is 2. The molecule has 0 radical (unpaired) electrons. The Morgan fingerprint density at radius 3 is 2.81 bits per heavy atom. The molecule has 0 aromatic heterocycles. The van der Waals surface area contributed by atoms with Crippen molar-refractivity contribution < 1.29 is 14.3 Å². The van der Waals surface area contributed by atoms with Gasteiger partial charge in [0.25, 0.3) is 0 Å². The van der Waals surface area contributed by atoms with Gasteiger partial charge in [0.1, 0.15) is 6.10 Å². The van der Waals surface area contributed by atoms with Gasteiger partial charge < -0.3 is 4.74 Å². The molecule has 0 N–H and O–H groups in total. The molecule has 27 heavy (non-hydrogen) atoms. The van der Waals surface area contributed by atoms with Crippen LogP contribution in [0, 0.1) is 23.2 Å². The molecule has 0 heterocycles. The molecule has 3 nitrogen and oxygen atoms in total. The van der Waals surface area contributed by atoms with E-state index in [0.29, 0.717) is 30.6 Å². The lowest BCUT2D eigenvalue weighted by Crippen LogP contribution is -2.40. The summed E-state index contributed by atoms with van der Waals surface area (Å²) in [5, 5.41) is 0. The molecular weight excluding hydrogens is 336 g/mol. The largest absolute Gasteiger partial charge is 0.461 e. The van der Waals surface area contributed by atoms with Gasteiger partial charge in [-0.25, -0.2) is 0 Å². The van der Waals surface area contributed by atoms with Crippen molar-refractivity contribution in [2.24, 2.45) is 23.2 Å². The number of hydrogen-bond acceptors (Lipinski definition) is 3. The van der Waals surface area contributed by atoms with Crippen LogP contribution < -0.4 is 0 Å². The molecule has 1 fully saturated rings. The third-order valence-corrected chi connectivity index (χ3v) is 7.36. The van der Waals surface area contributed by atoms with E-state index in [1.54, 1.807) is 0 Å². The maximum atomic E-state index is 12.3. The first-order valence-electron chi connectivity index (χ1n) is 10.7. The predicted molar refractivity (Wildman–Crippen MR) is 106 cm³/mol.